The fourth-order valence-corrected chi connectivity index (χ4v) is 2.91. The molecule has 0 aliphatic carbocycles. The third-order valence-corrected chi connectivity index (χ3v) is 3.55. The van der Waals surface area contributed by atoms with Gasteiger partial charge >= 0.3 is 99.4 Å². The molecule has 0 N–H and O–H groups in total. The first-order valence-electron chi connectivity index (χ1n) is 4.90. The average Bonchev–Trinajstić information content (AvgIpc) is 2.16. The van der Waals surface area contributed by atoms with E-state index in [0.717, 1.165) is 10.5 Å². The van der Waals surface area contributed by atoms with E-state index in [4.69, 9.17) is 0 Å². The molecule has 0 unspecified atom stereocenters. The van der Waals surface area contributed by atoms with E-state index < -0.39 is 11.7 Å². The van der Waals surface area contributed by atoms with Crippen molar-refractivity contribution in [3.63, 3.8) is 0 Å². The minimum atomic E-state index is -4.24. The van der Waals surface area contributed by atoms with Crippen LogP contribution in [0.3, 0.4) is 0 Å². The van der Waals surface area contributed by atoms with Crippen LogP contribution in [0.15, 0.2) is 35.3 Å². The standard InChI is InChI=1S/C12H13F3Se/c1-9(2)6-7-16-11-5-3-4-10(8-11)12(13,14)15/h3-9H,1-2H3/b7-6-. The van der Waals surface area contributed by atoms with Crippen LogP contribution in [-0.4, -0.2) is 15.0 Å². The van der Waals surface area contributed by atoms with Crippen molar-refractivity contribution in [3.8, 4) is 0 Å². The molecule has 0 bridgehead atoms. The molecule has 0 atom stereocenters. The number of alkyl halides is 3. The van der Waals surface area contributed by atoms with Gasteiger partial charge in [0.25, 0.3) is 0 Å². The van der Waals surface area contributed by atoms with E-state index in [0.29, 0.717) is 5.92 Å². The van der Waals surface area contributed by atoms with Crippen LogP contribution in [0.4, 0.5) is 13.2 Å². The Bertz CT molecular complexity index is 367. The normalized spacial score (nSPS) is 12.6. The van der Waals surface area contributed by atoms with Crippen molar-refractivity contribution in [2.45, 2.75) is 20.0 Å². The summed E-state index contributed by atoms with van der Waals surface area (Å²) in [6.45, 7) is 4.08. The van der Waals surface area contributed by atoms with E-state index in [2.05, 4.69) is 0 Å². The summed E-state index contributed by atoms with van der Waals surface area (Å²) in [7, 11) is 0. The zero-order valence-electron chi connectivity index (χ0n) is 9.08. The zero-order chi connectivity index (χ0) is 12.2. The van der Waals surface area contributed by atoms with Gasteiger partial charge in [0.2, 0.25) is 0 Å². The second kappa shape index (κ2) is 5.55. The molecule has 0 saturated heterocycles. The van der Waals surface area contributed by atoms with Gasteiger partial charge in [-0.15, -0.1) is 0 Å². The fraction of sp³-hybridized carbons (Fsp3) is 0.333. The maximum absolute atomic E-state index is 12.4. The summed E-state index contributed by atoms with van der Waals surface area (Å²) in [5, 5.41) is 0. The molecule has 1 rings (SSSR count). The number of allylic oxidation sites excluding steroid dienone is 1. The molecule has 0 spiro atoms. The Morgan fingerprint density at radius 2 is 1.94 bits per heavy atom. The first kappa shape index (κ1) is 13.3. The van der Waals surface area contributed by atoms with E-state index >= 15 is 0 Å². The van der Waals surface area contributed by atoms with Gasteiger partial charge in [0, 0.05) is 0 Å². The molecule has 1 aromatic carbocycles. The fourth-order valence-electron chi connectivity index (χ4n) is 1.02. The Morgan fingerprint density at radius 3 is 2.50 bits per heavy atom. The van der Waals surface area contributed by atoms with Crippen molar-refractivity contribution >= 4 is 19.4 Å². The van der Waals surface area contributed by atoms with Crippen LogP contribution in [0.5, 0.6) is 0 Å². The van der Waals surface area contributed by atoms with Crippen molar-refractivity contribution in [1.29, 1.82) is 0 Å². The zero-order valence-corrected chi connectivity index (χ0v) is 10.8. The average molecular weight is 293 g/mol. The second-order valence-electron chi connectivity index (χ2n) is 3.72. The summed E-state index contributed by atoms with van der Waals surface area (Å²) in [6, 6.07) is 5.53. The maximum atomic E-state index is 12.4. The predicted molar refractivity (Wildman–Crippen MR) is 60.8 cm³/mol. The van der Waals surface area contributed by atoms with Crippen LogP contribution >= 0.6 is 0 Å². The van der Waals surface area contributed by atoms with Crippen molar-refractivity contribution in [2.75, 3.05) is 0 Å². The van der Waals surface area contributed by atoms with Crippen molar-refractivity contribution in [1.82, 2.24) is 0 Å². The third kappa shape index (κ3) is 4.42. The first-order chi connectivity index (χ1) is 7.39. The SMILES string of the molecule is CC(C)/C=C\[Se]c1cccc(C(F)(F)F)c1. The van der Waals surface area contributed by atoms with Crippen LogP contribution in [-0.2, 0) is 6.18 Å². The molecule has 4 heteroatoms. The molecule has 0 aliphatic heterocycles. The Balaban J connectivity index is 2.76. The molecule has 0 saturated carbocycles. The molecule has 0 aromatic heterocycles. The van der Waals surface area contributed by atoms with Crippen molar-refractivity contribution < 1.29 is 13.2 Å². The summed E-state index contributed by atoms with van der Waals surface area (Å²) in [5.74, 6) is 0.438. The number of benzene rings is 1. The molecule has 88 valence electrons. The third-order valence-electron chi connectivity index (χ3n) is 1.83. The monoisotopic (exact) mass is 294 g/mol. The summed E-state index contributed by atoms with van der Waals surface area (Å²) in [4.78, 5) is 1.97. The van der Waals surface area contributed by atoms with Crippen LogP contribution in [0.1, 0.15) is 19.4 Å². The van der Waals surface area contributed by atoms with Crippen LogP contribution in [0.2, 0.25) is 0 Å². The van der Waals surface area contributed by atoms with Crippen molar-refractivity contribution in [2.24, 2.45) is 5.92 Å². The van der Waals surface area contributed by atoms with Gasteiger partial charge in [-0.1, -0.05) is 0 Å². The van der Waals surface area contributed by atoms with Crippen LogP contribution in [0, 0.1) is 5.92 Å². The van der Waals surface area contributed by atoms with Gasteiger partial charge in [0.05, 0.1) is 0 Å². The minimum absolute atomic E-state index is 0.0223. The summed E-state index contributed by atoms with van der Waals surface area (Å²) >= 11 is -0.0223. The number of rotatable bonds is 3. The van der Waals surface area contributed by atoms with E-state index in [-0.39, 0.29) is 15.0 Å². The number of hydrogen-bond acceptors (Lipinski definition) is 0. The Morgan fingerprint density at radius 1 is 1.25 bits per heavy atom. The molecule has 1 aromatic rings. The van der Waals surface area contributed by atoms with Gasteiger partial charge in [-0.3, -0.25) is 0 Å². The number of hydrogen-bond donors (Lipinski definition) is 0. The summed E-state index contributed by atoms with van der Waals surface area (Å²) in [5.41, 5.74) is -0.565. The van der Waals surface area contributed by atoms with Gasteiger partial charge in [0.15, 0.2) is 0 Å². The second-order valence-corrected chi connectivity index (χ2v) is 5.77. The van der Waals surface area contributed by atoms with E-state index in [9.17, 15) is 13.2 Å². The molecule has 0 radical (unpaired) electrons. The van der Waals surface area contributed by atoms with Gasteiger partial charge in [0.1, 0.15) is 0 Å². The van der Waals surface area contributed by atoms with Gasteiger partial charge < -0.3 is 0 Å². The molecule has 16 heavy (non-hydrogen) atoms. The van der Waals surface area contributed by atoms with Crippen LogP contribution < -0.4 is 4.46 Å². The van der Waals surface area contributed by atoms with Crippen LogP contribution in [0.25, 0.3) is 0 Å². The first-order valence-corrected chi connectivity index (χ1v) is 6.75. The topological polar surface area (TPSA) is 0 Å². The summed E-state index contributed by atoms with van der Waals surface area (Å²) in [6.07, 6.45) is -2.23. The van der Waals surface area contributed by atoms with E-state index in [1.807, 2.05) is 24.9 Å². The van der Waals surface area contributed by atoms with E-state index in [1.165, 1.54) is 12.1 Å². The number of halogens is 3. The Kier molecular flexibility index (Phi) is 4.63. The van der Waals surface area contributed by atoms with Gasteiger partial charge in [-0.2, -0.15) is 0 Å². The molecular formula is C12H13F3Se. The Labute approximate surface area is 99.7 Å². The quantitative estimate of drug-likeness (QED) is 0.751. The Hall–Kier alpha value is -0.731. The molecule has 0 nitrogen and oxygen atoms in total. The van der Waals surface area contributed by atoms with Gasteiger partial charge in [-0.25, -0.2) is 0 Å². The molecular weight excluding hydrogens is 280 g/mol. The predicted octanol–water partition coefficient (Wildman–Crippen LogP) is 3.20. The van der Waals surface area contributed by atoms with E-state index in [1.54, 1.807) is 6.07 Å². The molecule has 0 amide bonds. The van der Waals surface area contributed by atoms with Crippen molar-refractivity contribution in [3.05, 3.63) is 40.9 Å². The molecule has 0 heterocycles. The molecule has 0 aliphatic rings. The molecule has 0 fully saturated rings. The van der Waals surface area contributed by atoms with Gasteiger partial charge in [-0.05, 0) is 0 Å². The summed E-state index contributed by atoms with van der Waals surface area (Å²) < 4.78 is 38.0.